The van der Waals surface area contributed by atoms with Gasteiger partial charge in [0.1, 0.15) is 5.69 Å². The fourth-order valence-corrected chi connectivity index (χ4v) is 4.12. The molecule has 0 unspecified atom stereocenters. The van der Waals surface area contributed by atoms with Gasteiger partial charge in [-0.15, -0.1) is 0 Å². The lowest BCUT2D eigenvalue weighted by Gasteiger charge is -2.39. The van der Waals surface area contributed by atoms with Crippen molar-refractivity contribution < 1.29 is 9.53 Å². The van der Waals surface area contributed by atoms with E-state index in [1.165, 1.54) is 19.3 Å². The second-order valence-electron chi connectivity index (χ2n) is 7.58. The van der Waals surface area contributed by atoms with Crippen LogP contribution in [0.3, 0.4) is 0 Å². The van der Waals surface area contributed by atoms with Gasteiger partial charge in [-0.3, -0.25) is 9.48 Å². The smallest absolute Gasteiger partial charge is 0.272 e. The first-order valence-corrected chi connectivity index (χ1v) is 9.11. The standard InChI is InChI=1S/C18H27N3O2/c1-4-21-17(15-7-11(2)23-12(3)16(15)19-21)18(22)20-9-14(10-20)8-13-5-6-13/h11-14H,4-10H2,1-3H3/t11-,12+/m0/s1. The van der Waals surface area contributed by atoms with Gasteiger partial charge in [0, 0.05) is 31.6 Å². The van der Waals surface area contributed by atoms with Gasteiger partial charge in [0.15, 0.2) is 0 Å². The summed E-state index contributed by atoms with van der Waals surface area (Å²) in [4.78, 5) is 15.0. The maximum atomic E-state index is 13.0. The number of carbonyl (C=O) groups is 1. The number of hydrogen-bond acceptors (Lipinski definition) is 3. The van der Waals surface area contributed by atoms with E-state index in [-0.39, 0.29) is 18.1 Å². The minimum atomic E-state index is -0.0212. The van der Waals surface area contributed by atoms with E-state index in [0.29, 0.717) is 0 Å². The van der Waals surface area contributed by atoms with Crippen molar-refractivity contribution in [3.8, 4) is 0 Å². The van der Waals surface area contributed by atoms with Crippen LogP contribution in [0, 0.1) is 11.8 Å². The summed E-state index contributed by atoms with van der Waals surface area (Å²) in [5.74, 6) is 1.85. The number of carbonyl (C=O) groups excluding carboxylic acids is 1. The third-order valence-electron chi connectivity index (χ3n) is 5.50. The van der Waals surface area contributed by atoms with Gasteiger partial charge in [0.05, 0.1) is 17.9 Å². The van der Waals surface area contributed by atoms with Crippen molar-refractivity contribution in [2.45, 2.75) is 65.2 Å². The number of rotatable bonds is 4. The molecule has 5 nitrogen and oxygen atoms in total. The molecule has 3 heterocycles. The van der Waals surface area contributed by atoms with E-state index >= 15 is 0 Å². The lowest BCUT2D eigenvalue weighted by atomic mass is 9.92. The highest BCUT2D eigenvalue weighted by molar-refractivity contribution is 5.95. The molecular formula is C18H27N3O2. The molecule has 4 rings (SSSR count). The van der Waals surface area contributed by atoms with E-state index in [4.69, 9.17) is 4.74 Å². The highest BCUT2D eigenvalue weighted by Gasteiger charge is 2.39. The van der Waals surface area contributed by atoms with Gasteiger partial charge in [-0.1, -0.05) is 12.8 Å². The molecule has 0 bridgehead atoms. The molecule has 0 radical (unpaired) electrons. The predicted octanol–water partition coefficient (Wildman–Crippen LogP) is 2.80. The monoisotopic (exact) mass is 317 g/mol. The first kappa shape index (κ1) is 15.2. The van der Waals surface area contributed by atoms with Crippen LogP contribution in [0.15, 0.2) is 0 Å². The van der Waals surface area contributed by atoms with Crippen LogP contribution < -0.4 is 0 Å². The molecule has 23 heavy (non-hydrogen) atoms. The molecule has 0 spiro atoms. The molecular weight excluding hydrogens is 290 g/mol. The highest BCUT2D eigenvalue weighted by atomic mass is 16.5. The van der Waals surface area contributed by atoms with Gasteiger partial charge in [0.25, 0.3) is 5.91 Å². The normalized spacial score (nSPS) is 27.7. The quantitative estimate of drug-likeness (QED) is 0.858. The Kier molecular flexibility index (Phi) is 3.71. The summed E-state index contributed by atoms with van der Waals surface area (Å²) < 4.78 is 7.76. The Balaban J connectivity index is 1.54. The van der Waals surface area contributed by atoms with Gasteiger partial charge >= 0.3 is 0 Å². The van der Waals surface area contributed by atoms with Crippen molar-refractivity contribution in [3.63, 3.8) is 0 Å². The number of amides is 1. The molecule has 1 saturated carbocycles. The first-order valence-electron chi connectivity index (χ1n) is 9.11. The van der Waals surface area contributed by atoms with Gasteiger partial charge in [0.2, 0.25) is 0 Å². The number of fused-ring (bicyclic) bond motifs is 1. The molecule has 5 heteroatoms. The molecule has 2 aliphatic heterocycles. The number of hydrogen-bond donors (Lipinski definition) is 0. The van der Waals surface area contributed by atoms with Crippen LogP contribution in [0.4, 0.5) is 0 Å². The first-order chi connectivity index (χ1) is 11.1. The van der Waals surface area contributed by atoms with Crippen molar-refractivity contribution in [1.82, 2.24) is 14.7 Å². The molecule has 0 aromatic carbocycles. The molecule has 2 fully saturated rings. The van der Waals surface area contributed by atoms with E-state index in [1.807, 2.05) is 16.5 Å². The average Bonchev–Trinajstić information content (AvgIpc) is 3.20. The van der Waals surface area contributed by atoms with Crippen LogP contribution in [0.25, 0.3) is 0 Å². The summed E-state index contributed by atoms with van der Waals surface area (Å²) in [5.41, 5.74) is 2.89. The minimum Gasteiger partial charge on any atom is -0.369 e. The molecule has 2 atom stereocenters. The van der Waals surface area contributed by atoms with Gasteiger partial charge in [-0.05, 0) is 39.0 Å². The van der Waals surface area contributed by atoms with Gasteiger partial charge in [-0.2, -0.15) is 5.10 Å². The second kappa shape index (κ2) is 5.62. The Bertz CT molecular complexity index is 614. The Labute approximate surface area is 138 Å². The summed E-state index contributed by atoms with van der Waals surface area (Å²) in [6.45, 7) is 8.75. The molecule has 1 saturated heterocycles. The van der Waals surface area contributed by atoms with Gasteiger partial charge in [-0.25, -0.2) is 0 Å². The van der Waals surface area contributed by atoms with Crippen LogP contribution >= 0.6 is 0 Å². The van der Waals surface area contributed by atoms with Crippen LogP contribution in [0.5, 0.6) is 0 Å². The van der Waals surface area contributed by atoms with Crippen LogP contribution in [0.2, 0.25) is 0 Å². The van der Waals surface area contributed by atoms with Crippen molar-refractivity contribution in [1.29, 1.82) is 0 Å². The predicted molar refractivity (Wildman–Crippen MR) is 87.3 cm³/mol. The van der Waals surface area contributed by atoms with Crippen molar-refractivity contribution in [2.24, 2.45) is 11.8 Å². The maximum Gasteiger partial charge on any atom is 0.272 e. The second-order valence-corrected chi connectivity index (χ2v) is 7.58. The molecule has 1 amide bonds. The zero-order valence-corrected chi connectivity index (χ0v) is 14.4. The van der Waals surface area contributed by atoms with E-state index < -0.39 is 0 Å². The highest BCUT2D eigenvalue weighted by Crippen LogP contribution is 2.39. The lowest BCUT2D eigenvalue weighted by molar-refractivity contribution is -0.00723. The van der Waals surface area contributed by atoms with Gasteiger partial charge < -0.3 is 9.64 Å². The summed E-state index contributed by atoms with van der Waals surface area (Å²) >= 11 is 0. The number of aryl methyl sites for hydroxylation is 1. The summed E-state index contributed by atoms with van der Waals surface area (Å²) in [6, 6.07) is 0. The van der Waals surface area contributed by atoms with Crippen LogP contribution in [0.1, 0.15) is 67.9 Å². The Morgan fingerprint density at radius 3 is 2.65 bits per heavy atom. The fourth-order valence-electron chi connectivity index (χ4n) is 4.12. The van der Waals surface area contributed by atoms with Crippen LogP contribution in [-0.4, -0.2) is 39.8 Å². The topological polar surface area (TPSA) is 47.4 Å². The zero-order valence-electron chi connectivity index (χ0n) is 14.4. The third kappa shape index (κ3) is 2.69. The van der Waals surface area contributed by atoms with E-state index in [9.17, 15) is 4.79 Å². The Hall–Kier alpha value is -1.36. The number of likely N-dealkylation sites (tertiary alicyclic amines) is 1. The fraction of sp³-hybridized carbons (Fsp3) is 0.778. The molecule has 3 aliphatic rings. The van der Waals surface area contributed by atoms with E-state index in [0.717, 1.165) is 54.8 Å². The molecule has 1 aromatic rings. The molecule has 126 valence electrons. The van der Waals surface area contributed by atoms with Crippen LogP contribution in [-0.2, 0) is 17.7 Å². The number of aromatic nitrogens is 2. The minimum absolute atomic E-state index is 0.0212. The molecule has 1 aromatic heterocycles. The maximum absolute atomic E-state index is 13.0. The summed E-state index contributed by atoms with van der Waals surface area (Å²) in [7, 11) is 0. The van der Waals surface area contributed by atoms with Crippen molar-refractivity contribution in [2.75, 3.05) is 13.1 Å². The Morgan fingerprint density at radius 2 is 2.00 bits per heavy atom. The van der Waals surface area contributed by atoms with Crippen molar-refractivity contribution >= 4 is 5.91 Å². The number of nitrogens with zero attached hydrogens (tertiary/aromatic N) is 3. The molecule has 0 N–H and O–H groups in total. The van der Waals surface area contributed by atoms with E-state index in [2.05, 4.69) is 18.9 Å². The Morgan fingerprint density at radius 1 is 1.26 bits per heavy atom. The number of ether oxygens (including phenoxy) is 1. The summed E-state index contributed by atoms with van der Waals surface area (Å²) in [5, 5.41) is 4.67. The van der Waals surface area contributed by atoms with E-state index in [1.54, 1.807) is 0 Å². The lowest BCUT2D eigenvalue weighted by Crippen LogP contribution is -2.50. The SMILES string of the molecule is CCn1nc2c(c1C(=O)N1CC(CC3CC3)C1)C[C@H](C)O[C@@H]2C. The third-order valence-corrected chi connectivity index (χ3v) is 5.50. The largest absolute Gasteiger partial charge is 0.369 e. The summed E-state index contributed by atoms with van der Waals surface area (Å²) in [6.07, 6.45) is 5.04. The molecule has 1 aliphatic carbocycles. The van der Waals surface area contributed by atoms with Crippen molar-refractivity contribution in [3.05, 3.63) is 17.0 Å². The average molecular weight is 317 g/mol. The zero-order chi connectivity index (χ0) is 16.1.